The Labute approximate surface area is 132 Å². The third kappa shape index (κ3) is 3.48. The van der Waals surface area contributed by atoms with Crippen LogP contribution in [0.3, 0.4) is 0 Å². The molecule has 0 amide bonds. The maximum absolute atomic E-state index is 12.8. The molecule has 1 atom stereocenters. The van der Waals surface area contributed by atoms with Gasteiger partial charge in [-0.1, -0.05) is 13.8 Å². The van der Waals surface area contributed by atoms with E-state index in [9.17, 15) is 8.42 Å². The molecule has 21 heavy (non-hydrogen) atoms. The minimum absolute atomic E-state index is 0.348. The van der Waals surface area contributed by atoms with Crippen molar-refractivity contribution in [2.24, 2.45) is 0 Å². The van der Waals surface area contributed by atoms with Crippen molar-refractivity contribution in [1.82, 2.24) is 14.5 Å². The molecule has 0 aromatic carbocycles. The van der Waals surface area contributed by atoms with Crippen LogP contribution in [0.2, 0.25) is 0 Å². The van der Waals surface area contributed by atoms with Crippen molar-refractivity contribution in [3.8, 4) is 0 Å². The zero-order valence-corrected chi connectivity index (χ0v) is 14.6. The Balaban J connectivity index is 2.16. The third-order valence-electron chi connectivity index (χ3n) is 4.11. The molecule has 1 aliphatic rings. The van der Waals surface area contributed by atoms with Crippen LogP contribution in [0.25, 0.3) is 0 Å². The van der Waals surface area contributed by atoms with Gasteiger partial charge < -0.3 is 5.32 Å². The summed E-state index contributed by atoms with van der Waals surface area (Å²) < 4.78 is 27.3. The molecule has 1 aliphatic heterocycles. The van der Waals surface area contributed by atoms with Crippen LogP contribution in [0.15, 0.2) is 16.3 Å². The van der Waals surface area contributed by atoms with Crippen molar-refractivity contribution in [2.45, 2.75) is 37.8 Å². The van der Waals surface area contributed by atoms with E-state index < -0.39 is 10.0 Å². The average molecular weight is 332 g/mol. The maximum atomic E-state index is 12.8. The Morgan fingerprint density at radius 1 is 1.43 bits per heavy atom. The average Bonchev–Trinajstić information content (AvgIpc) is 3.10. The number of sulfonamides is 1. The van der Waals surface area contributed by atoms with Crippen molar-refractivity contribution in [3.63, 3.8) is 0 Å². The summed E-state index contributed by atoms with van der Waals surface area (Å²) in [5.41, 5.74) is 0. The van der Waals surface area contributed by atoms with Crippen molar-refractivity contribution in [3.05, 3.63) is 16.3 Å². The number of nitrogens with one attached hydrogen (secondary N) is 1. The summed E-state index contributed by atoms with van der Waals surface area (Å²) in [6.07, 6.45) is 0.923. The van der Waals surface area contributed by atoms with E-state index in [0.717, 1.165) is 24.4 Å². The first-order chi connectivity index (χ1) is 10.0. The molecule has 1 aromatic rings. The normalized spacial score (nSPS) is 20.5. The zero-order valence-electron chi connectivity index (χ0n) is 13.0. The van der Waals surface area contributed by atoms with Gasteiger partial charge in [0.1, 0.15) is 0 Å². The summed E-state index contributed by atoms with van der Waals surface area (Å²) in [6.45, 7) is 8.03. The zero-order chi connectivity index (χ0) is 15.5. The van der Waals surface area contributed by atoms with Crippen LogP contribution in [-0.2, 0) is 16.6 Å². The van der Waals surface area contributed by atoms with E-state index in [1.807, 2.05) is 12.4 Å². The molecule has 1 saturated heterocycles. The first kappa shape index (κ1) is 16.9. The largest absolute Gasteiger partial charge is 0.315 e. The monoisotopic (exact) mass is 331 g/mol. The van der Waals surface area contributed by atoms with Crippen molar-refractivity contribution in [1.29, 1.82) is 0 Å². The van der Waals surface area contributed by atoms with Gasteiger partial charge in [-0.05, 0) is 38.0 Å². The molecule has 7 heteroatoms. The maximum Gasteiger partial charge on any atom is 0.244 e. The number of thiophene rings is 1. The van der Waals surface area contributed by atoms with Crippen LogP contribution < -0.4 is 5.32 Å². The number of likely N-dealkylation sites (N-methyl/N-ethyl adjacent to an activating group) is 1. The van der Waals surface area contributed by atoms with E-state index in [4.69, 9.17) is 0 Å². The molecular formula is C14H25N3O2S2. The lowest BCUT2D eigenvalue weighted by Crippen LogP contribution is -2.38. The van der Waals surface area contributed by atoms with Crippen LogP contribution in [0, 0.1) is 0 Å². The number of hydrogen-bond donors (Lipinski definition) is 1. The molecule has 2 rings (SSSR count). The van der Waals surface area contributed by atoms with Gasteiger partial charge in [-0.15, -0.1) is 11.3 Å². The number of nitrogens with zero attached hydrogens (tertiary/aromatic N) is 2. The van der Waals surface area contributed by atoms with Crippen LogP contribution in [0.1, 0.15) is 25.1 Å². The minimum atomic E-state index is -3.35. The topological polar surface area (TPSA) is 52.7 Å². The lowest BCUT2D eigenvalue weighted by atomic mass is 10.2. The summed E-state index contributed by atoms with van der Waals surface area (Å²) in [6, 6.07) is 2.08. The van der Waals surface area contributed by atoms with E-state index in [2.05, 4.69) is 24.1 Å². The summed E-state index contributed by atoms with van der Waals surface area (Å²) >= 11 is 1.50. The molecule has 0 spiro atoms. The Kier molecular flexibility index (Phi) is 5.79. The Bertz CT molecular complexity index is 552. The fraction of sp³-hybridized carbons (Fsp3) is 0.714. The highest BCUT2D eigenvalue weighted by Gasteiger charge is 2.35. The fourth-order valence-electron chi connectivity index (χ4n) is 2.95. The highest BCUT2D eigenvalue weighted by molar-refractivity contribution is 7.89. The molecule has 5 nitrogen and oxygen atoms in total. The summed E-state index contributed by atoms with van der Waals surface area (Å²) in [4.78, 5) is 3.71. The van der Waals surface area contributed by atoms with Gasteiger partial charge >= 0.3 is 0 Å². The van der Waals surface area contributed by atoms with E-state index in [-0.39, 0.29) is 0 Å². The first-order valence-electron chi connectivity index (χ1n) is 7.49. The van der Waals surface area contributed by atoms with Gasteiger partial charge in [0.15, 0.2) is 0 Å². The molecule has 0 bridgehead atoms. The lowest BCUT2D eigenvalue weighted by molar-refractivity contribution is 0.224. The quantitative estimate of drug-likeness (QED) is 0.824. The molecule has 0 radical (unpaired) electrons. The second-order valence-electron chi connectivity index (χ2n) is 5.27. The fourth-order valence-corrected chi connectivity index (χ4v) is 5.87. The standard InChI is InChI=1S/C14H25N3O2S2/c1-4-16(5-2)12-6-8-17(11-12)21(18,19)14-7-9-20-13(14)10-15-3/h7,9,12,15H,4-6,8,10-11H2,1-3H3. The molecule has 1 N–H and O–H groups in total. The molecular weight excluding hydrogens is 306 g/mol. The van der Waals surface area contributed by atoms with Gasteiger partial charge in [0, 0.05) is 30.6 Å². The summed E-state index contributed by atoms with van der Waals surface area (Å²) in [5.74, 6) is 0. The molecule has 0 saturated carbocycles. The number of rotatable bonds is 7. The molecule has 2 heterocycles. The smallest absolute Gasteiger partial charge is 0.244 e. The summed E-state index contributed by atoms with van der Waals surface area (Å²) in [7, 11) is -1.52. The molecule has 120 valence electrons. The van der Waals surface area contributed by atoms with E-state index >= 15 is 0 Å². The van der Waals surface area contributed by atoms with Gasteiger partial charge in [-0.2, -0.15) is 4.31 Å². The van der Waals surface area contributed by atoms with Crippen molar-refractivity contribution in [2.75, 3.05) is 33.2 Å². The van der Waals surface area contributed by atoms with Crippen LogP contribution in [0.4, 0.5) is 0 Å². The van der Waals surface area contributed by atoms with Gasteiger partial charge in [-0.25, -0.2) is 8.42 Å². The molecule has 1 unspecified atom stereocenters. The van der Waals surface area contributed by atoms with Crippen molar-refractivity contribution < 1.29 is 8.42 Å². The van der Waals surface area contributed by atoms with Gasteiger partial charge in [0.05, 0.1) is 4.90 Å². The highest BCUT2D eigenvalue weighted by Crippen LogP contribution is 2.28. The van der Waals surface area contributed by atoms with E-state index in [1.165, 1.54) is 11.3 Å². The third-order valence-corrected chi connectivity index (χ3v) is 7.11. The van der Waals surface area contributed by atoms with Gasteiger partial charge in [0.2, 0.25) is 10.0 Å². The minimum Gasteiger partial charge on any atom is -0.315 e. The van der Waals surface area contributed by atoms with E-state index in [1.54, 1.807) is 10.4 Å². The number of hydrogen-bond acceptors (Lipinski definition) is 5. The first-order valence-corrected chi connectivity index (χ1v) is 9.81. The second kappa shape index (κ2) is 7.19. The Morgan fingerprint density at radius 3 is 2.76 bits per heavy atom. The second-order valence-corrected chi connectivity index (χ2v) is 8.17. The highest BCUT2D eigenvalue weighted by atomic mass is 32.2. The SMILES string of the molecule is CCN(CC)C1CCN(S(=O)(=O)c2ccsc2CNC)C1. The molecule has 1 aromatic heterocycles. The van der Waals surface area contributed by atoms with E-state index in [0.29, 0.717) is 30.6 Å². The van der Waals surface area contributed by atoms with Gasteiger partial charge in [-0.3, -0.25) is 4.90 Å². The predicted octanol–water partition coefficient (Wildman–Crippen LogP) is 1.57. The van der Waals surface area contributed by atoms with Gasteiger partial charge in [0.25, 0.3) is 0 Å². The van der Waals surface area contributed by atoms with Crippen LogP contribution in [0.5, 0.6) is 0 Å². The predicted molar refractivity (Wildman–Crippen MR) is 87.2 cm³/mol. The lowest BCUT2D eigenvalue weighted by Gasteiger charge is -2.26. The molecule has 0 aliphatic carbocycles. The van der Waals surface area contributed by atoms with Crippen LogP contribution in [-0.4, -0.2) is 56.9 Å². The Hall–Kier alpha value is -0.470. The summed E-state index contributed by atoms with van der Waals surface area (Å²) in [5, 5.41) is 4.90. The van der Waals surface area contributed by atoms with Crippen LogP contribution >= 0.6 is 11.3 Å². The van der Waals surface area contributed by atoms with Crippen molar-refractivity contribution >= 4 is 21.4 Å². The Morgan fingerprint density at radius 2 is 2.14 bits per heavy atom. The molecule has 1 fully saturated rings.